The quantitative estimate of drug-likeness (QED) is 0.477. The highest BCUT2D eigenvalue weighted by molar-refractivity contribution is 5.86. The highest BCUT2D eigenvalue weighted by Gasteiger charge is 2.30. The second kappa shape index (κ2) is 7.98. The molecule has 0 bridgehead atoms. The van der Waals surface area contributed by atoms with Crippen molar-refractivity contribution in [2.24, 2.45) is 5.92 Å². The summed E-state index contributed by atoms with van der Waals surface area (Å²) in [5.74, 6) is 1.13. The van der Waals surface area contributed by atoms with Gasteiger partial charge in [0.25, 0.3) is 0 Å². The second-order valence-corrected chi connectivity index (χ2v) is 8.27. The van der Waals surface area contributed by atoms with Crippen LogP contribution in [0.2, 0.25) is 0 Å². The minimum absolute atomic E-state index is 0.118. The first kappa shape index (κ1) is 19.5. The maximum atomic E-state index is 13.3. The summed E-state index contributed by atoms with van der Waals surface area (Å²) >= 11 is 0. The zero-order chi connectivity index (χ0) is 21.4. The van der Waals surface area contributed by atoms with E-state index in [1.807, 2.05) is 35.2 Å². The van der Waals surface area contributed by atoms with E-state index in [-0.39, 0.29) is 11.8 Å². The molecule has 1 aliphatic rings. The Bertz CT molecular complexity index is 1240. The van der Waals surface area contributed by atoms with Crippen molar-refractivity contribution in [1.29, 1.82) is 0 Å². The first-order valence-electron chi connectivity index (χ1n) is 10.6. The fourth-order valence-corrected chi connectivity index (χ4v) is 4.28. The van der Waals surface area contributed by atoms with Gasteiger partial charge in [-0.2, -0.15) is 4.52 Å². The number of nitrogens with zero attached hydrogens (tertiary/aromatic N) is 5. The van der Waals surface area contributed by atoms with E-state index in [1.54, 1.807) is 11.6 Å². The van der Waals surface area contributed by atoms with Gasteiger partial charge in [-0.15, -0.1) is 5.10 Å². The third-order valence-corrected chi connectivity index (χ3v) is 6.23. The Kier molecular flexibility index (Phi) is 5.02. The number of amides is 1. The number of benzene rings is 2. The summed E-state index contributed by atoms with van der Waals surface area (Å²) in [6, 6.07) is 16.2. The van der Waals surface area contributed by atoms with Crippen molar-refractivity contribution in [3.63, 3.8) is 0 Å². The summed E-state index contributed by atoms with van der Waals surface area (Å²) in [4.78, 5) is 15.2. The van der Waals surface area contributed by atoms with Crippen molar-refractivity contribution in [2.75, 3.05) is 7.11 Å². The molecule has 1 saturated carbocycles. The smallest absolute Gasteiger partial charge is 0.226 e. The maximum absolute atomic E-state index is 13.3. The van der Waals surface area contributed by atoms with Crippen LogP contribution in [0.4, 0.5) is 0 Å². The van der Waals surface area contributed by atoms with Crippen molar-refractivity contribution in [3.05, 3.63) is 65.2 Å². The third-order valence-electron chi connectivity index (χ3n) is 6.23. The van der Waals surface area contributed by atoms with Gasteiger partial charge >= 0.3 is 0 Å². The Hall–Kier alpha value is -3.48. The topological polar surface area (TPSA) is 72.6 Å². The molecule has 0 unspecified atom stereocenters. The molecule has 0 atom stereocenters. The molecule has 7 heteroatoms. The van der Waals surface area contributed by atoms with Crippen LogP contribution in [0.3, 0.4) is 0 Å². The molecular weight excluding hydrogens is 390 g/mol. The molecule has 0 radical (unpaired) electrons. The number of para-hydroxylation sites is 1. The Balaban J connectivity index is 1.52. The number of rotatable bonds is 6. The lowest BCUT2D eigenvalue weighted by atomic mass is 9.84. The number of fused-ring (bicyclic) bond motifs is 3. The van der Waals surface area contributed by atoms with E-state index in [0.717, 1.165) is 52.6 Å². The van der Waals surface area contributed by atoms with E-state index in [1.165, 1.54) is 0 Å². The molecule has 2 aromatic heterocycles. The first-order chi connectivity index (χ1) is 15.1. The molecule has 4 aromatic rings. The molecule has 0 saturated heterocycles. The Morgan fingerprint density at radius 3 is 2.68 bits per heavy atom. The molecule has 5 rings (SSSR count). The van der Waals surface area contributed by atoms with Gasteiger partial charge in [0.1, 0.15) is 5.75 Å². The molecule has 0 N–H and O–H groups in total. The molecule has 0 aliphatic heterocycles. The summed E-state index contributed by atoms with van der Waals surface area (Å²) in [5, 5.41) is 13.5. The van der Waals surface area contributed by atoms with Crippen molar-refractivity contribution in [2.45, 2.75) is 39.3 Å². The standard InChI is InChI=1S/C24H25N5O2/c1-16-5-3-8-19-13-20(23-25-26-27-29(23)22(16)19)15-28(24(30)18-6-4-7-18)14-17-9-11-21(31-2)12-10-17/h3,5,8-13,18H,4,6-7,14-15H2,1-2H3. The SMILES string of the molecule is COc1ccc(CN(Cc2cc3cccc(C)c3n3nnnc23)C(=O)C2CCC2)cc1. The molecule has 7 nitrogen and oxygen atoms in total. The van der Waals surface area contributed by atoms with Crippen LogP contribution in [0, 0.1) is 12.8 Å². The predicted octanol–water partition coefficient (Wildman–Crippen LogP) is 3.92. The lowest BCUT2D eigenvalue weighted by molar-refractivity contribution is -0.139. The maximum Gasteiger partial charge on any atom is 0.226 e. The van der Waals surface area contributed by atoms with Crippen molar-refractivity contribution >= 4 is 22.5 Å². The van der Waals surface area contributed by atoms with Crippen molar-refractivity contribution < 1.29 is 9.53 Å². The van der Waals surface area contributed by atoms with E-state index in [9.17, 15) is 4.79 Å². The van der Waals surface area contributed by atoms with Crippen molar-refractivity contribution in [1.82, 2.24) is 24.9 Å². The van der Waals surface area contributed by atoms with Crippen LogP contribution in [-0.4, -0.2) is 38.0 Å². The number of hydrogen-bond donors (Lipinski definition) is 0. The minimum atomic E-state index is 0.118. The van der Waals surface area contributed by atoms with Gasteiger partial charge in [0.15, 0.2) is 5.65 Å². The van der Waals surface area contributed by atoms with Crippen molar-refractivity contribution in [3.8, 4) is 5.75 Å². The van der Waals surface area contributed by atoms with E-state index < -0.39 is 0 Å². The number of pyridine rings is 1. The van der Waals surface area contributed by atoms with E-state index >= 15 is 0 Å². The molecule has 0 spiro atoms. The van der Waals surface area contributed by atoms with Gasteiger partial charge in [-0.05, 0) is 59.5 Å². The van der Waals surface area contributed by atoms with Crippen LogP contribution in [0.5, 0.6) is 5.75 Å². The van der Waals surface area contributed by atoms with Crippen LogP contribution in [0.25, 0.3) is 16.6 Å². The van der Waals surface area contributed by atoms with Gasteiger partial charge in [-0.3, -0.25) is 4.79 Å². The van der Waals surface area contributed by atoms with Gasteiger partial charge in [-0.25, -0.2) is 0 Å². The Morgan fingerprint density at radius 1 is 1.16 bits per heavy atom. The van der Waals surface area contributed by atoms with E-state index in [4.69, 9.17) is 4.74 Å². The van der Waals surface area contributed by atoms with Gasteiger partial charge < -0.3 is 9.64 Å². The molecular formula is C24H25N5O2. The van der Waals surface area contributed by atoms with Gasteiger partial charge in [0.2, 0.25) is 5.91 Å². The van der Waals surface area contributed by atoms with Gasteiger partial charge in [-0.1, -0.05) is 36.8 Å². The number of aromatic nitrogens is 4. The molecule has 1 fully saturated rings. The van der Waals surface area contributed by atoms with Crippen LogP contribution < -0.4 is 4.74 Å². The monoisotopic (exact) mass is 415 g/mol. The highest BCUT2D eigenvalue weighted by Crippen LogP contribution is 2.30. The largest absolute Gasteiger partial charge is 0.497 e. The lowest BCUT2D eigenvalue weighted by Crippen LogP contribution is -2.38. The number of aryl methyl sites for hydroxylation is 1. The fourth-order valence-electron chi connectivity index (χ4n) is 4.28. The summed E-state index contributed by atoms with van der Waals surface area (Å²) in [6.07, 6.45) is 3.06. The zero-order valence-corrected chi connectivity index (χ0v) is 17.8. The summed E-state index contributed by atoms with van der Waals surface area (Å²) in [6.45, 7) is 3.06. The molecule has 2 aromatic carbocycles. The fraction of sp³-hybridized carbons (Fsp3) is 0.333. The van der Waals surface area contributed by atoms with Crippen LogP contribution in [-0.2, 0) is 17.9 Å². The normalized spacial score (nSPS) is 14.0. The highest BCUT2D eigenvalue weighted by atomic mass is 16.5. The minimum Gasteiger partial charge on any atom is -0.497 e. The number of carbonyl (C=O) groups excluding carboxylic acids is 1. The lowest BCUT2D eigenvalue weighted by Gasteiger charge is -2.32. The second-order valence-electron chi connectivity index (χ2n) is 8.27. The molecule has 158 valence electrons. The number of methoxy groups -OCH3 is 1. The zero-order valence-electron chi connectivity index (χ0n) is 17.8. The van der Waals surface area contributed by atoms with E-state index in [2.05, 4.69) is 40.6 Å². The summed E-state index contributed by atoms with van der Waals surface area (Å²) in [5.41, 5.74) is 4.83. The molecule has 1 amide bonds. The molecule has 31 heavy (non-hydrogen) atoms. The van der Waals surface area contributed by atoms with E-state index in [0.29, 0.717) is 18.7 Å². The number of ether oxygens (including phenoxy) is 1. The Labute approximate surface area is 180 Å². The first-order valence-corrected chi connectivity index (χ1v) is 10.6. The van der Waals surface area contributed by atoms with Gasteiger partial charge in [0.05, 0.1) is 12.6 Å². The average Bonchev–Trinajstić information content (AvgIpc) is 3.22. The van der Waals surface area contributed by atoms with Crippen LogP contribution in [0.1, 0.15) is 36.0 Å². The van der Waals surface area contributed by atoms with Gasteiger partial charge in [0, 0.05) is 30.0 Å². The molecule has 1 aliphatic carbocycles. The third kappa shape index (κ3) is 3.60. The number of tetrazole rings is 1. The number of hydrogen-bond acceptors (Lipinski definition) is 5. The van der Waals surface area contributed by atoms with Crippen LogP contribution in [0.15, 0.2) is 48.5 Å². The summed E-state index contributed by atoms with van der Waals surface area (Å²) in [7, 11) is 1.65. The predicted molar refractivity (Wildman–Crippen MR) is 118 cm³/mol. The van der Waals surface area contributed by atoms with Crippen LogP contribution >= 0.6 is 0 Å². The number of carbonyl (C=O) groups is 1. The Morgan fingerprint density at radius 2 is 1.97 bits per heavy atom. The average molecular weight is 415 g/mol. The molecule has 2 heterocycles. The summed E-state index contributed by atoms with van der Waals surface area (Å²) < 4.78 is 7.06.